The second-order valence-electron chi connectivity index (χ2n) is 5.83. The van der Waals surface area contributed by atoms with E-state index in [1.54, 1.807) is 18.3 Å². The molecular weight excluding hydrogens is 341 g/mol. The second-order valence-corrected chi connectivity index (χ2v) is 5.83. The van der Waals surface area contributed by atoms with E-state index in [1.165, 1.54) is 30.1 Å². The summed E-state index contributed by atoms with van der Waals surface area (Å²) in [5.41, 5.74) is 2.11. The van der Waals surface area contributed by atoms with E-state index in [4.69, 9.17) is 9.84 Å². The van der Waals surface area contributed by atoms with Crippen LogP contribution in [0.1, 0.15) is 21.6 Å². The summed E-state index contributed by atoms with van der Waals surface area (Å²) in [7, 11) is 1.29. The molecule has 0 bridgehead atoms. The number of ether oxygens (including phenoxy) is 1. The molecule has 8 heteroatoms. The maximum atomic E-state index is 13.7. The number of carbonyl (C=O) groups excluding carboxylic acids is 1. The van der Waals surface area contributed by atoms with Crippen molar-refractivity contribution in [3.8, 4) is 0 Å². The van der Waals surface area contributed by atoms with Crippen molar-refractivity contribution in [1.29, 1.82) is 0 Å². The lowest BCUT2D eigenvalue weighted by Gasteiger charge is -2.08. The molecule has 0 aliphatic carbocycles. The van der Waals surface area contributed by atoms with Crippen LogP contribution in [0.25, 0.3) is 10.9 Å². The number of esters is 1. The van der Waals surface area contributed by atoms with Gasteiger partial charge in [-0.3, -0.25) is 9.67 Å². The minimum absolute atomic E-state index is 0.0650. The summed E-state index contributed by atoms with van der Waals surface area (Å²) < 4.78 is 20.0. The van der Waals surface area contributed by atoms with Crippen molar-refractivity contribution >= 4 is 16.9 Å². The third-order valence-electron chi connectivity index (χ3n) is 4.05. The third kappa shape index (κ3) is 3.56. The molecule has 7 nitrogen and oxygen atoms in total. The van der Waals surface area contributed by atoms with Crippen LogP contribution < -0.4 is 0 Å². The Balaban J connectivity index is 2.06. The maximum Gasteiger partial charge on any atom is 0.338 e. The molecule has 0 radical (unpaired) electrons. The SMILES string of the molecule is COC(=O)c1ccncc1Cc1nn(CC(O)CO)c2ccc(F)cc12. The summed E-state index contributed by atoms with van der Waals surface area (Å²) >= 11 is 0. The predicted molar refractivity (Wildman–Crippen MR) is 91.2 cm³/mol. The van der Waals surface area contributed by atoms with Gasteiger partial charge in [-0.25, -0.2) is 9.18 Å². The van der Waals surface area contributed by atoms with Gasteiger partial charge in [0, 0.05) is 24.2 Å². The number of carbonyl (C=O) groups is 1. The largest absolute Gasteiger partial charge is 0.465 e. The van der Waals surface area contributed by atoms with Crippen LogP contribution in [0, 0.1) is 5.82 Å². The van der Waals surface area contributed by atoms with Crippen LogP contribution in [0.4, 0.5) is 4.39 Å². The molecule has 2 aromatic heterocycles. The zero-order valence-electron chi connectivity index (χ0n) is 14.1. The molecular formula is C18H18FN3O4. The smallest absolute Gasteiger partial charge is 0.338 e. The highest BCUT2D eigenvalue weighted by atomic mass is 19.1. The number of methoxy groups -OCH3 is 1. The highest BCUT2D eigenvalue weighted by Crippen LogP contribution is 2.24. The van der Waals surface area contributed by atoms with Crippen molar-refractivity contribution < 1.29 is 24.1 Å². The van der Waals surface area contributed by atoms with Crippen LogP contribution in [0.2, 0.25) is 0 Å². The standard InChI is InChI=1S/C18H18FN3O4/c1-26-18(25)14-4-5-20-8-11(14)6-16-15-7-12(19)2-3-17(15)22(21-16)9-13(24)10-23/h2-5,7-8,13,23-24H,6,9-10H2,1H3. The number of hydrogen-bond donors (Lipinski definition) is 2. The Hall–Kier alpha value is -2.84. The topological polar surface area (TPSA) is 97.5 Å². The zero-order chi connectivity index (χ0) is 18.7. The number of hydrogen-bond acceptors (Lipinski definition) is 6. The van der Waals surface area contributed by atoms with Crippen molar-refractivity contribution in [2.75, 3.05) is 13.7 Å². The first kappa shape index (κ1) is 18.0. The van der Waals surface area contributed by atoms with Gasteiger partial charge in [-0.1, -0.05) is 0 Å². The van der Waals surface area contributed by atoms with Gasteiger partial charge in [0.1, 0.15) is 5.82 Å². The van der Waals surface area contributed by atoms with Gasteiger partial charge in [0.15, 0.2) is 0 Å². The quantitative estimate of drug-likeness (QED) is 0.644. The first-order chi connectivity index (χ1) is 12.5. The number of rotatable bonds is 6. The maximum absolute atomic E-state index is 13.7. The molecule has 0 amide bonds. The van der Waals surface area contributed by atoms with Gasteiger partial charge in [0.05, 0.1) is 43.1 Å². The number of aromatic nitrogens is 3. The van der Waals surface area contributed by atoms with Crippen LogP contribution >= 0.6 is 0 Å². The minimum atomic E-state index is -0.986. The fourth-order valence-electron chi connectivity index (χ4n) is 2.80. The molecule has 0 fully saturated rings. The van der Waals surface area contributed by atoms with Gasteiger partial charge in [-0.15, -0.1) is 0 Å². The Labute approximate surface area is 148 Å². The third-order valence-corrected chi connectivity index (χ3v) is 4.05. The lowest BCUT2D eigenvalue weighted by molar-refractivity contribution is 0.0599. The van der Waals surface area contributed by atoms with Gasteiger partial charge in [0.25, 0.3) is 0 Å². The van der Waals surface area contributed by atoms with Crippen LogP contribution in [-0.4, -0.2) is 50.8 Å². The van der Waals surface area contributed by atoms with E-state index >= 15 is 0 Å². The molecule has 0 spiro atoms. The lowest BCUT2D eigenvalue weighted by Crippen LogP contribution is -2.20. The first-order valence-electron chi connectivity index (χ1n) is 7.98. The number of benzene rings is 1. The van der Waals surface area contributed by atoms with E-state index < -0.39 is 24.5 Å². The summed E-state index contributed by atoms with van der Waals surface area (Å²) in [6.45, 7) is -0.345. The van der Waals surface area contributed by atoms with E-state index in [2.05, 4.69) is 10.1 Å². The summed E-state index contributed by atoms with van der Waals surface area (Å²) in [6.07, 6.45) is 2.28. The molecule has 0 saturated carbocycles. The van der Waals surface area contributed by atoms with Crippen molar-refractivity contribution in [2.24, 2.45) is 0 Å². The average molecular weight is 359 g/mol. The number of pyridine rings is 1. The molecule has 1 unspecified atom stereocenters. The number of fused-ring (bicyclic) bond motifs is 1. The normalized spacial score (nSPS) is 12.3. The Morgan fingerprint density at radius 2 is 2.19 bits per heavy atom. The number of aliphatic hydroxyl groups excluding tert-OH is 2. The fourth-order valence-corrected chi connectivity index (χ4v) is 2.80. The van der Waals surface area contributed by atoms with Gasteiger partial charge >= 0.3 is 5.97 Å². The Kier molecular flexibility index (Phi) is 5.24. The molecule has 3 rings (SSSR count). The molecule has 0 aliphatic rings. The molecule has 0 aliphatic heterocycles. The van der Waals surface area contributed by atoms with Gasteiger partial charge < -0.3 is 14.9 Å². The van der Waals surface area contributed by atoms with E-state index in [0.717, 1.165) is 0 Å². The van der Waals surface area contributed by atoms with Crippen LogP contribution in [0.15, 0.2) is 36.7 Å². The van der Waals surface area contributed by atoms with Crippen molar-refractivity contribution in [3.05, 3.63) is 59.3 Å². The number of aliphatic hydroxyl groups is 2. The Morgan fingerprint density at radius 3 is 2.92 bits per heavy atom. The monoisotopic (exact) mass is 359 g/mol. The molecule has 26 heavy (non-hydrogen) atoms. The van der Waals surface area contributed by atoms with Gasteiger partial charge in [-0.2, -0.15) is 5.10 Å². The molecule has 1 aromatic carbocycles. The summed E-state index contributed by atoms with van der Waals surface area (Å²) in [5, 5.41) is 23.8. The zero-order valence-corrected chi connectivity index (χ0v) is 14.1. The highest BCUT2D eigenvalue weighted by molar-refractivity contribution is 5.91. The summed E-state index contributed by atoms with van der Waals surface area (Å²) in [4.78, 5) is 16.0. The van der Waals surface area contributed by atoms with Crippen molar-refractivity contribution in [3.63, 3.8) is 0 Å². The van der Waals surface area contributed by atoms with E-state index in [0.29, 0.717) is 27.7 Å². The van der Waals surface area contributed by atoms with E-state index in [1.807, 2.05) is 0 Å². The minimum Gasteiger partial charge on any atom is -0.465 e. The first-order valence-corrected chi connectivity index (χ1v) is 7.98. The van der Waals surface area contributed by atoms with Crippen molar-refractivity contribution in [1.82, 2.24) is 14.8 Å². The average Bonchev–Trinajstić information content (AvgIpc) is 2.97. The van der Waals surface area contributed by atoms with Gasteiger partial charge in [-0.05, 0) is 29.8 Å². The fraction of sp³-hybridized carbons (Fsp3) is 0.278. The van der Waals surface area contributed by atoms with Crippen LogP contribution in [0.3, 0.4) is 0 Å². The molecule has 3 aromatic rings. The van der Waals surface area contributed by atoms with E-state index in [-0.39, 0.29) is 13.0 Å². The Bertz CT molecular complexity index is 941. The van der Waals surface area contributed by atoms with Crippen LogP contribution in [-0.2, 0) is 17.7 Å². The second kappa shape index (κ2) is 7.59. The van der Waals surface area contributed by atoms with E-state index in [9.17, 15) is 14.3 Å². The summed E-state index contributed by atoms with van der Waals surface area (Å²) in [6, 6.07) is 5.78. The van der Waals surface area contributed by atoms with Crippen molar-refractivity contribution in [2.45, 2.75) is 19.1 Å². The molecule has 2 heterocycles. The molecule has 1 atom stereocenters. The molecule has 2 N–H and O–H groups in total. The number of halogens is 1. The summed E-state index contributed by atoms with van der Waals surface area (Å²) in [5.74, 6) is -0.909. The lowest BCUT2D eigenvalue weighted by atomic mass is 10.0. The Morgan fingerprint density at radius 1 is 1.38 bits per heavy atom. The van der Waals surface area contributed by atoms with Crippen LogP contribution in [0.5, 0.6) is 0 Å². The highest BCUT2D eigenvalue weighted by Gasteiger charge is 2.18. The predicted octanol–water partition coefficient (Wildman–Crippen LogP) is 1.30. The molecule has 0 saturated heterocycles. The van der Waals surface area contributed by atoms with Gasteiger partial charge in [0.2, 0.25) is 0 Å². The molecule has 136 valence electrons. The number of nitrogens with zero attached hydrogens (tertiary/aromatic N) is 3.